The zero-order valence-electron chi connectivity index (χ0n) is 23.6. The van der Waals surface area contributed by atoms with Crippen LogP contribution in [0.15, 0.2) is 161 Å². The van der Waals surface area contributed by atoms with E-state index in [0.717, 1.165) is 28.1 Å². The summed E-state index contributed by atoms with van der Waals surface area (Å²) in [6, 6.07) is 51.6. The van der Waals surface area contributed by atoms with Crippen LogP contribution in [0.1, 0.15) is 0 Å². The van der Waals surface area contributed by atoms with Gasteiger partial charge in [-0.15, -0.1) is 0 Å². The van der Waals surface area contributed by atoms with E-state index in [2.05, 4.69) is 89.8 Å². The second kappa shape index (κ2) is 11.2. The van der Waals surface area contributed by atoms with Crippen LogP contribution in [0.5, 0.6) is 0 Å². The normalized spacial score (nSPS) is 12.0. The molecule has 0 bridgehead atoms. The van der Waals surface area contributed by atoms with E-state index in [1.807, 2.05) is 66.7 Å². The van der Waals surface area contributed by atoms with Crippen LogP contribution in [0.2, 0.25) is 0 Å². The van der Waals surface area contributed by atoms with E-state index < -0.39 is 0 Å². The number of hydrogen-bond donors (Lipinski definition) is 0. The Morgan fingerprint density at radius 2 is 0.864 bits per heavy atom. The SMILES string of the molecule is c1ccc(-c2cccc(-c3nc(-c4ccccc4)nc(-c4ccc(N5c6ccccc6Sc6ccccc65)cc4)n3)n2)cc1. The van der Waals surface area contributed by atoms with Crippen LogP contribution in [-0.4, -0.2) is 19.9 Å². The van der Waals surface area contributed by atoms with Gasteiger partial charge in [0.05, 0.1) is 17.1 Å². The van der Waals surface area contributed by atoms with Gasteiger partial charge in [0.1, 0.15) is 5.69 Å². The summed E-state index contributed by atoms with van der Waals surface area (Å²) in [4.78, 5) is 24.5. The fraction of sp³-hybridized carbons (Fsp3) is 0. The number of rotatable bonds is 5. The molecule has 0 atom stereocenters. The molecular weight excluding hydrogens is 559 g/mol. The van der Waals surface area contributed by atoms with Crippen molar-refractivity contribution in [1.29, 1.82) is 0 Å². The summed E-state index contributed by atoms with van der Waals surface area (Å²) in [5, 5.41) is 0. The molecule has 5 aromatic carbocycles. The molecule has 0 fully saturated rings. The van der Waals surface area contributed by atoms with Gasteiger partial charge in [-0.2, -0.15) is 0 Å². The van der Waals surface area contributed by atoms with E-state index in [4.69, 9.17) is 19.9 Å². The lowest BCUT2D eigenvalue weighted by atomic mass is 10.1. The minimum atomic E-state index is 0.534. The fourth-order valence-corrected chi connectivity index (χ4v) is 6.47. The van der Waals surface area contributed by atoms with Gasteiger partial charge >= 0.3 is 0 Å². The Labute approximate surface area is 260 Å². The lowest BCUT2D eigenvalue weighted by Gasteiger charge is -2.32. The third-order valence-electron chi connectivity index (χ3n) is 7.53. The van der Waals surface area contributed by atoms with Crippen LogP contribution in [0.4, 0.5) is 17.1 Å². The molecule has 0 spiro atoms. The average molecular weight is 584 g/mol. The van der Waals surface area contributed by atoms with Crippen molar-refractivity contribution in [3.63, 3.8) is 0 Å². The lowest BCUT2D eigenvalue weighted by Crippen LogP contribution is -2.14. The smallest absolute Gasteiger partial charge is 0.182 e. The van der Waals surface area contributed by atoms with Crippen LogP contribution >= 0.6 is 11.8 Å². The van der Waals surface area contributed by atoms with Gasteiger partial charge in [-0.3, -0.25) is 0 Å². The molecule has 0 saturated carbocycles. The number of hydrogen-bond acceptors (Lipinski definition) is 6. The van der Waals surface area contributed by atoms with Crippen LogP contribution in [0.3, 0.4) is 0 Å². The molecule has 2 aromatic heterocycles. The number of fused-ring (bicyclic) bond motifs is 2. The van der Waals surface area contributed by atoms with Gasteiger partial charge in [-0.1, -0.05) is 103 Å². The second-order valence-electron chi connectivity index (χ2n) is 10.4. The molecule has 5 nitrogen and oxygen atoms in total. The van der Waals surface area contributed by atoms with E-state index in [9.17, 15) is 0 Å². The van der Waals surface area contributed by atoms with Gasteiger partial charge in [-0.25, -0.2) is 19.9 Å². The molecule has 44 heavy (non-hydrogen) atoms. The predicted octanol–water partition coefficient (Wildman–Crippen LogP) is 9.87. The van der Waals surface area contributed by atoms with E-state index in [-0.39, 0.29) is 0 Å². The van der Waals surface area contributed by atoms with Crippen LogP contribution in [0, 0.1) is 0 Å². The highest BCUT2D eigenvalue weighted by Gasteiger charge is 2.24. The van der Waals surface area contributed by atoms with Gasteiger partial charge in [-0.05, 0) is 60.7 Å². The maximum Gasteiger partial charge on any atom is 0.182 e. The molecule has 3 heterocycles. The molecule has 6 heteroatoms. The molecule has 1 aliphatic rings. The van der Waals surface area contributed by atoms with E-state index in [1.54, 1.807) is 11.8 Å². The minimum absolute atomic E-state index is 0.534. The van der Waals surface area contributed by atoms with Crippen molar-refractivity contribution in [3.05, 3.63) is 152 Å². The third kappa shape index (κ3) is 4.91. The first-order chi connectivity index (χ1) is 21.8. The van der Waals surface area contributed by atoms with Crippen molar-refractivity contribution in [3.8, 4) is 45.6 Å². The number of para-hydroxylation sites is 2. The number of benzene rings is 5. The Kier molecular flexibility index (Phi) is 6.66. The topological polar surface area (TPSA) is 54.8 Å². The van der Waals surface area contributed by atoms with Gasteiger partial charge in [0.2, 0.25) is 0 Å². The first-order valence-corrected chi connectivity index (χ1v) is 15.2. The molecular formula is C38H25N5S. The van der Waals surface area contributed by atoms with Crippen molar-refractivity contribution in [1.82, 2.24) is 19.9 Å². The summed E-state index contributed by atoms with van der Waals surface area (Å²) in [6.07, 6.45) is 0. The molecule has 0 N–H and O–H groups in total. The number of pyridine rings is 1. The summed E-state index contributed by atoms with van der Waals surface area (Å²) in [5.41, 5.74) is 7.85. The molecule has 208 valence electrons. The highest BCUT2D eigenvalue weighted by Crippen LogP contribution is 2.51. The Morgan fingerprint density at radius 1 is 0.364 bits per heavy atom. The third-order valence-corrected chi connectivity index (χ3v) is 8.66. The number of aromatic nitrogens is 4. The first kappa shape index (κ1) is 26.1. The molecule has 0 radical (unpaired) electrons. The molecule has 0 aliphatic carbocycles. The quantitative estimate of drug-likeness (QED) is 0.201. The van der Waals surface area contributed by atoms with Crippen LogP contribution < -0.4 is 4.90 Å². The van der Waals surface area contributed by atoms with Crippen molar-refractivity contribution >= 4 is 28.8 Å². The van der Waals surface area contributed by atoms with Crippen molar-refractivity contribution < 1.29 is 0 Å². The van der Waals surface area contributed by atoms with Crippen LogP contribution in [0.25, 0.3) is 45.6 Å². The van der Waals surface area contributed by atoms with Crippen molar-refractivity contribution in [2.24, 2.45) is 0 Å². The molecule has 1 aliphatic heterocycles. The summed E-state index contributed by atoms with van der Waals surface area (Å²) in [6.45, 7) is 0. The molecule has 0 saturated heterocycles. The zero-order valence-corrected chi connectivity index (χ0v) is 24.4. The Balaban J connectivity index is 1.22. The lowest BCUT2D eigenvalue weighted by molar-refractivity contribution is 1.06. The molecule has 0 amide bonds. The summed E-state index contributed by atoms with van der Waals surface area (Å²) >= 11 is 1.80. The van der Waals surface area contributed by atoms with E-state index >= 15 is 0 Å². The van der Waals surface area contributed by atoms with Crippen molar-refractivity contribution in [2.45, 2.75) is 9.79 Å². The highest BCUT2D eigenvalue weighted by molar-refractivity contribution is 7.99. The second-order valence-corrected chi connectivity index (χ2v) is 11.4. The maximum absolute atomic E-state index is 4.95. The first-order valence-electron chi connectivity index (χ1n) is 14.4. The Bertz CT molecular complexity index is 2050. The standard InChI is InChI=1S/C38H25N5S/c1-3-12-26(13-4-1)30-16-11-17-31(39-30)38-41-36(27-14-5-2-6-15-27)40-37(42-38)28-22-24-29(25-23-28)43-32-18-7-9-20-34(32)44-35-21-10-8-19-33(35)43/h1-25H. The van der Waals surface area contributed by atoms with Crippen LogP contribution in [-0.2, 0) is 0 Å². The number of anilines is 3. The summed E-state index contributed by atoms with van der Waals surface area (Å²) < 4.78 is 0. The molecule has 8 rings (SSSR count). The van der Waals surface area contributed by atoms with Gasteiger partial charge in [0.15, 0.2) is 17.5 Å². The van der Waals surface area contributed by atoms with E-state index in [1.165, 1.54) is 21.2 Å². The predicted molar refractivity (Wildman–Crippen MR) is 178 cm³/mol. The average Bonchev–Trinajstić information content (AvgIpc) is 3.11. The summed E-state index contributed by atoms with van der Waals surface area (Å²) in [7, 11) is 0. The van der Waals surface area contributed by atoms with Gasteiger partial charge < -0.3 is 4.90 Å². The molecule has 7 aromatic rings. The van der Waals surface area contributed by atoms with Gasteiger partial charge in [0.25, 0.3) is 0 Å². The Hall–Kier alpha value is -5.59. The largest absolute Gasteiger partial charge is 0.308 e. The summed E-state index contributed by atoms with van der Waals surface area (Å²) in [5.74, 6) is 1.74. The van der Waals surface area contributed by atoms with E-state index in [0.29, 0.717) is 23.2 Å². The van der Waals surface area contributed by atoms with Crippen molar-refractivity contribution in [2.75, 3.05) is 4.90 Å². The fourth-order valence-electron chi connectivity index (χ4n) is 5.41. The Morgan fingerprint density at radius 3 is 1.50 bits per heavy atom. The molecule has 0 unspecified atom stereocenters. The zero-order chi connectivity index (χ0) is 29.3. The van der Waals surface area contributed by atoms with Gasteiger partial charge in [0, 0.05) is 32.2 Å². The maximum atomic E-state index is 4.95. The minimum Gasteiger partial charge on any atom is -0.308 e. The monoisotopic (exact) mass is 583 g/mol. The highest BCUT2D eigenvalue weighted by atomic mass is 32.2. The number of nitrogens with zero attached hydrogens (tertiary/aromatic N) is 5.